The van der Waals surface area contributed by atoms with Crippen LogP contribution in [0.5, 0.6) is 0 Å². The normalized spacial score (nSPS) is 13.0. The van der Waals surface area contributed by atoms with Crippen LogP contribution in [0.3, 0.4) is 0 Å². The van der Waals surface area contributed by atoms with E-state index in [-0.39, 0.29) is 36.6 Å². The summed E-state index contributed by atoms with van der Waals surface area (Å²) < 4.78 is 77.6. The van der Waals surface area contributed by atoms with Crippen molar-refractivity contribution in [1.82, 2.24) is 13.9 Å². The van der Waals surface area contributed by atoms with Gasteiger partial charge in [-0.2, -0.15) is 25.9 Å². The molecule has 0 aliphatic carbocycles. The van der Waals surface area contributed by atoms with Crippen LogP contribution in [0.1, 0.15) is 12.0 Å². The summed E-state index contributed by atoms with van der Waals surface area (Å²) >= 11 is 5.86. The maximum Gasteiger partial charge on any atom is 0.401 e. The van der Waals surface area contributed by atoms with Gasteiger partial charge in [0.15, 0.2) is 0 Å². The first-order valence-corrected chi connectivity index (χ1v) is 9.13. The minimum atomic E-state index is -4.30. The van der Waals surface area contributed by atoms with E-state index in [1.807, 2.05) is 0 Å². The summed E-state index contributed by atoms with van der Waals surface area (Å²) in [5.41, 5.74) is 0.0435. The number of benzene rings is 1. The Labute approximate surface area is 149 Å². The molecule has 0 aliphatic heterocycles. The predicted molar refractivity (Wildman–Crippen MR) is 88.0 cm³/mol. The third kappa shape index (κ3) is 7.87. The van der Waals surface area contributed by atoms with Crippen LogP contribution in [0.15, 0.2) is 18.2 Å². The third-order valence-corrected chi connectivity index (χ3v) is 5.18. The van der Waals surface area contributed by atoms with Gasteiger partial charge in [0.25, 0.3) is 10.2 Å². The Hall–Kier alpha value is -0.940. The molecule has 0 amide bonds. The SMILES string of the molecule is CN(CCCNS(=O)(=O)N(C)Cc1c(F)cccc1Cl)CC(F)(F)F. The number of nitrogens with zero attached hydrogens (tertiary/aromatic N) is 2. The molecule has 0 heterocycles. The van der Waals surface area contributed by atoms with Crippen LogP contribution in [-0.4, -0.2) is 57.5 Å². The molecule has 1 aromatic carbocycles. The molecule has 0 saturated carbocycles. The Bertz CT molecular complexity index is 650. The van der Waals surface area contributed by atoms with E-state index >= 15 is 0 Å². The summed E-state index contributed by atoms with van der Waals surface area (Å²) in [4.78, 5) is 1.05. The van der Waals surface area contributed by atoms with Gasteiger partial charge < -0.3 is 0 Å². The lowest BCUT2D eigenvalue weighted by Gasteiger charge is -2.20. The fourth-order valence-corrected chi connectivity index (χ4v) is 3.18. The molecular weight excluding hydrogens is 386 g/mol. The van der Waals surface area contributed by atoms with E-state index in [1.54, 1.807) is 0 Å². The molecular formula is C14H20ClF4N3O2S. The fraction of sp³-hybridized carbons (Fsp3) is 0.571. The molecule has 144 valence electrons. The molecule has 0 aromatic heterocycles. The number of rotatable bonds is 9. The maximum atomic E-state index is 13.7. The summed E-state index contributed by atoms with van der Waals surface area (Å²) in [6.45, 7) is -1.30. The Morgan fingerprint density at radius 2 is 1.88 bits per heavy atom. The second-order valence-corrected chi connectivity index (χ2v) is 7.83. The molecule has 0 spiro atoms. The van der Waals surface area contributed by atoms with Gasteiger partial charge in [-0.15, -0.1) is 0 Å². The van der Waals surface area contributed by atoms with Gasteiger partial charge in [-0.3, -0.25) is 4.90 Å². The highest BCUT2D eigenvalue weighted by atomic mass is 35.5. The molecule has 25 heavy (non-hydrogen) atoms. The zero-order chi connectivity index (χ0) is 19.3. The van der Waals surface area contributed by atoms with Crippen molar-refractivity contribution in [3.8, 4) is 0 Å². The molecule has 0 aliphatic rings. The van der Waals surface area contributed by atoms with Crippen LogP contribution in [0.25, 0.3) is 0 Å². The summed E-state index contributed by atoms with van der Waals surface area (Å²) in [6.07, 6.45) is -4.10. The van der Waals surface area contributed by atoms with Gasteiger partial charge in [-0.05, 0) is 32.1 Å². The smallest absolute Gasteiger partial charge is 0.298 e. The van der Waals surface area contributed by atoms with Crippen LogP contribution in [0.4, 0.5) is 17.6 Å². The van der Waals surface area contributed by atoms with E-state index in [9.17, 15) is 26.0 Å². The fourth-order valence-electron chi connectivity index (χ4n) is 2.04. The summed E-state index contributed by atoms with van der Waals surface area (Å²) in [7, 11) is -1.36. The maximum absolute atomic E-state index is 13.7. The van der Waals surface area contributed by atoms with Gasteiger partial charge in [0.05, 0.1) is 6.54 Å². The van der Waals surface area contributed by atoms with E-state index in [0.717, 1.165) is 9.21 Å². The zero-order valence-electron chi connectivity index (χ0n) is 13.8. The predicted octanol–water partition coefficient (Wildman–Crippen LogP) is 2.63. The van der Waals surface area contributed by atoms with Gasteiger partial charge in [0.2, 0.25) is 0 Å². The van der Waals surface area contributed by atoms with E-state index in [1.165, 1.54) is 32.3 Å². The topological polar surface area (TPSA) is 52.7 Å². The first-order chi connectivity index (χ1) is 11.4. The van der Waals surface area contributed by atoms with Gasteiger partial charge in [0.1, 0.15) is 5.82 Å². The number of alkyl halides is 3. The third-order valence-electron chi connectivity index (χ3n) is 3.30. The lowest BCUT2D eigenvalue weighted by molar-refractivity contribution is -0.143. The van der Waals surface area contributed by atoms with Crippen LogP contribution >= 0.6 is 11.6 Å². The van der Waals surface area contributed by atoms with Crippen molar-refractivity contribution in [3.63, 3.8) is 0 Å². The molecule has 0 fully saturated rings. The van der Waals surface area contributed by atoms with Crippen molar-refractivity contribution < 1.29 is 26.0 Å². The number of nitrogens with one attached hydrogen (secondary N) is 1. The molecule has 1 aromatic rings. The quantitative estimate of drug-likeness (QED) is 0.507. The highest BCUT2D eigenvalue weighted by Crippen LogP contribution is 2.21. The summed E-state index contributed by atoms with van der Waals surface area (Å²) in [6, 6.07) is 4.03. The van der Waals surface area contributed by atoms with Crippen molar-refractivity contribution in [3.05, 3.63) is 34.6 Å². The van der Waals surface area contributed by atoms with Gasteiger partial charge >= 0.3 is 6.18 Å². The molecule has 0 unspecified atom stereocenters. The van der Waals surface area contributed by atoms with Crippen molar-refractivity contribution in [2.75, 3.05) is 33.7 Å². The lowest BCUT2D eigenvalue weighted by atomic mass is 10.2. The van der Waals surface area contributed by atoms with Crippen LogP contribution in [0.2, 0.25) is 5.02 Å². The van der Waals surface area contributed by atoms with Crippen LogP contribution in [0, 0.1) is 5.82 Å². The molecule has 1 N–H and O–H groups in total. The Morgan fingerprint density at radius 1 is 1.24 bits per heavy atom. The van der Waals surface area contributed by atoms with Gasteiger partial charge in [-0.1, -0.05) is 17.7 Å². The Morgan fingerprint density at radius 3 is 2.44 bits per heavy atom. The second-order valence-electron chi connectivity index (χ2n) is 5.56. The van der Waals surface area contributed by atoms with Crippen LogP contribution < -0.4 is 4.72 Å². The van der Waals surface area contributed by atoms with E-state index < -0.39 is 28.7 Å². The highest BCUT2D eigenvalue weighted by Gasteiger charge is 2.29. The molecule has 0 atom stereocenters. The van der Waals surface area contributed by atoms with Crippen molar-refractivity contribution in [2.24, 2.45) is 0 Å². The minimum absolute atomic E-state index is 0.0418. The number of hydrogen-bond acceptors (Lipinski definition) is 3. The average Bonchev–Trinajstić information content (AvgIpc) is 2.45. The second kappa shape index (κ2) is 9.13. The first-order valence-electron chi connectivity index (χ1n) is 7.31. The molecule has 0 bridgehead atoms. The molecule has 0 radical (unpaired) electrons. The van der Waals surface area contributed by atoms with Gasteiger partial charge in [-0.25, -0.2) is 9.11 Å². The lowest BCUT2D eigenvalue weighted by Crippen LogP contribution is -2.39. The molecule has 5 nitrogen and oxygen atoms in total. The average molecular weight is 406 g/mol. The van der Waals surface area contributed by atoms with Crippen molar-refractivity contribution in [1.29, 1.82) is 0 Å². The van der Waals surface area contributed by atoms with E-state index in [0.29, 0.717) is 0 Å². The molecule has 1 rings (SSSR count). The Balaban J connectivity index is 2.50. The monoisotopic (exact) mass is 405 g/mol. The summed E-state index contributed by atoms with van der Waals surface area (Å²) in [5.74, 6) is -0.622. The molecule has 11 heteroatoms. The highest BCUT2D eigenvalue weighted by molar-refractivity contribution is 7.87. The minimum Gasteiger partial charge on any atom is -0.298 e. The summed E-state index contributed by atoms with van der Waals surface area (Å²) in [5, 5.41) is 0.107. The van der Waals surface area contributed by atoms with E-state index in [2.05, 4.69) is 4.72 Å². The van der Waals surface area contributed by atoms with Crippen molar-refractivity contribution >= 4 is 21.8 Å². The Kier molecular flexibility index (Phi) is 8.07. The first kappa shape index (κ1) is 22.1. The van der Waals surface area contributed by atoms with Crippen LogP contribution in [-0.2, 0) is 16.8 Å². The van der Waals surface area contributed by atoms with Crippen molar-refractivity contribution in [2.45, 2.75) is 19.1 Å². The number of hydrogen-bond donors (Lipinski definition) is 1. The zero-order valence-corrected chi connectivity index (χ0v) is 15.3. The van der Waals surface area contributed by atoms with Gasteiger partial charge in [0, 0.05) is 30.7 Å². The number of halogens is 5. The van der Waals surface area contributed by atoms with E-state index in [4.69, 9.17) is 11.6 Å². The molecule has 0 saturated heterocycles. The standard InChI is InChI=1S/C14H20ClF4N3O2S/c1-21(10-14(17,18)19)8-4-7-20-25(23,24)22(2)9-11-12(15)5-3-6-13(11)16/h3,5-6,20H,4,7-10H2,1-2H3. The largest absolute Gasteiger partial charge is 0.401 e.